The molecule has 0 aromatic carbocycles. The van der Waals surface area contributed by atoms with E-state index in [2.05, 4.69) is 34.5 Å². The van der Waals surface area contributed by atoms with Crippen LogP contribution in [0, 0.1) is 11.8 Å². The fourth-order valence-corrected chi connectivity index (χ4v) is 3.84. The maximum Gasteiger partial charge on any atom is 0.225 e. The van der Waals surface area contributed by atoms with Crippen LogP contribution >= 0.6 is 0 Å². The normalized spacial score (nSPS) is 17.9. The molecule has 0 radical (unpaired) electrons. The van der Waals surface area contributed by atoms with Crippen LogP contribution < -0.4 is 15.4 Å². The van der Waals surface area contributed by atoms with E-state index in [1.807, 2.05) is 17.0 Å². The monoisotopic (exact) mass is 415 g/mol. The second-order valence-corrected chi connectivity index (χ2v) is 8.44. The summed E-state index contributed by atoms with van der Waals surface area (Å²) in [6.45, 7) is 7.26. The minimum Gasteiger partial charge on any atom is -0.477 e. The fourth-order valence-electron chi connectivity index (χ4n) is 3.84. The summed E-state index contributed by atoms with van der Waals surface area (Å²) in [6, 6.07) is 4.31. The molecule has 1 aliphatic heterocycles. The van der Waals surface area contributed by atoms with Gasteiger partial charge in [-0.2, -0.15) is 0 Å². The number of amides is 1. The number of hydrogen-bond acceptors (Lipinski definition) is 4. The number of likely N-dealkylation sites (tertiary alicyclic amines) is 1. The van der Waals surface area contributed by atoms with Crippen molar-refractivity contribution in [3.63, 3.8) is 0 Å². The number of ether oxygens (including phenoxy) is 1. The average Bonchev–Trinajstić information content (AvgIpc) is 3.61. The molecule has 1 aromatic rings. The molecule has 7 heteroatoms. The van der Waals surface area contributed by atoms with Crippen LogP contribution in [0.2, 0.25) is 0 Å². The zero-order valence-electron chi connectivity index (χ0n) is 18.7. The summed E-state index contributed by atoms with van der Waals surface area (Å²) in [4.78, 5) is 23.3. The maximum atomic E-state index is 12.6. The Balaban J connectivity index is 1.42. The topological polar surface area (TPSA) is 78.9 Å². The molecule has 3 rings (SSSR count). The third-order valence-corrected chi connectivity index (χ3v) is 6.13. The molecule has 1 aromatic heterocycles. The van der Waals surface area contributed by atoms with Crippen LogP contribution in [0.25, 0.3) is 0 Å². The molecule has 7 nitrogen and oxygen atoms in total. The lowest BCUT2D eigenvalue weighted by atomic mass is 9.98. The molecule has 0 unspecified atom stereocenters. The number of guanidine groups is 1. The van der Waals surface area contributed by atoms with Gasteiger partial charge < -0.3 is 20.3 Å². The van der Waals surface area contributed by atoms with Gasteiger partial charge in [-0.1, -0.05) is 13.8 Å². The van der Waals surface area contributed by atoms with Gasteiger partial charge in [0.1, 0.15) is 0 Å². The van der Waals surface area contributed by atoms with Crippen molar-refractivity contribution in [2.75, 3.05) is 26.7 Å². The molecule has 0 atom stereocenters. The van der Waals surface area contributed by atoms with E-state index in [1.54, 1.807) is 13.2 Å². The first-order chi connectivity index (χ1) is 14.6. The number of nitrogens with zero attached hydrogens (tertiary/aromatic N) is 3. The molecule has 2 aliphatic rings. The standard InChI is InChI=1S/C23H37N5O2/c1-4-19(5-2)22(29)28-12-9-20(10-13-28)27-23(24-3)26-15-18-8-11-25-21(14-18)30-16-17-6-7-17/h8,11,14,17,19-20H,4-7,9-10,12-13,15-16H2,1-3H3,(H2,24,26,27). The predicted octanol–water partition coefficient (Wildman–Crippen LogP) is 2.96. The van der Waals surface area contributed by atoms with Gasteiger partial charge in [0.05, 0.1) is 6.61 Å². The highest BCUT2D eigenvalue weighted by Crippen LogP contribution is 2.29. The average molecular weight is 416 g/mol. The number of carbonyl (C=O) groups excluding carboxylic acids is 1. The first kappa shape index (κ1) is 22.4. The molecule has 166 valence electrons. The highest BCUT2D eigenvalue weighted by Gasteiger charge is 2.27. The number of aromatic nitrogens is 1. The fraction of sp³-hybridized carbons (Fsp3) is 0.696. The molecule has 30 heavy (non-hydrogen) atoms. The lowest BCUT2D eigenvalue weighted by molar-refractivity contribution is -0.136. The summed E-state index contributed by atoms with van der Waals surface area (Å²) in [6.07, 6.45) is 8.07. The van der Waals surface area contributed by atoms with Gasteiger partial charge in [-0.05, 0) is 56.1 Å². The van der Waals surface area contributed by atoms with Crippen LogP contribution in [0.4, 0.5) is 0 Å². The number of rotatable bonds is 9. The Morgan fingerprint density at radius 3 is 2.63 bits per heavy atom. The van der Waals surface area contributed by atoms with Crippen molar-refractivity contribution < 1.29 is 9.53 Å². The van der Waals surface area contributed by atoms with E-state index in [4.69, 9.17) is 4.74 Å². The highest BCUT2D eigenvalue weighted by molar-refractivity contribution is 5.80. The number of carbonyl (C=O) groups is 1. The number of piperidine rings is 1. The second kappa shape index (κ2) is 11.2. The smallest absolute Gasteiger partial charge is 0.225 e. The molecule has 1 aliphatic carbocycles. The van der Waals surface area contributed by atoms with Gasteiger partial charge in [-0.15, -0.1) is 0 Å². The van der Waals surface area contributed by atoms with Gasteiger partial charge in [0.25, 0.3) is 0 Å². The van der Waals surface area contributed by atoms with Crippen molar-refractivity contribution in [1.29, 1.82) is 0 Å². The number of nitrogens with one attached hydrogen (secondary N) is 2. The van der Waals surface area contributed by atoms with Crippen molar-refractivity contribution in [2.24, 2.45) is 16.8 Å². The van der Waals surface area contributed by atoms with E-state index in [0.717, 1.165) is 56.9 Å². The van der Waals surface area contributed by atoms with Crippen LogP contribution in [-0.4, -0.2) is 54.5 Å². The molecular formula is C23H37N5O2. The Labute approximate surface area is 180 Å². The van der Waals surface area contributed by atoms with Crippen molar-refractivity contribution >= 4 is 11.9 Å². The molecule has 2 N–H and O–H groups in total. The first-order valence-electron chi connectivity index (χ1n) is 11.5. The zero-order valence-corrected chi connectivity index (χ0v) is 18.7. The highest BCUT2D eigenvalue weighted by atomic mass is 16.5. The first-order valence-corrected chi connectivity index (χ1v) is 11.5. The van der Waals surface area contributed by atoms with Crippen molar-refractivity contribution in [2.45, 2.75) is 65.0 Å². The Bertz CT molecular complexity index is 707. The van der Waals surface area contributed by atoms with Crippen LogP contribution in [0.1, 0.15) is 57.9 Å². The van der Waals surface area contributed by atoms with Crippen molar-refractivity contribution in [3.8, 4) is 5.88 Å². The molecule has 2 fully saturated rings. The van der Waals surface area contributed by atoms with E-state index >= 15 is 0 Å². The third kappa shape index (κ3) is 6.61. The van der Waals surface area contributed by atoms with Crippen LogP contribution in [0.3, 0.4) is 0 Å². The van der Waals surface area contributed by atoms with Gasteiger partial charge in [-0.3, -0.25) is 9.79 Å². The predicted molar refractivity (Wildman–Crippen MR) is 119 cm³/mol. The minimum absolute atomic E-state index is 0.169. The van der Waals surface area contributed by atoms with Gasteiger partial charge in [0, 0.05) is 50.9 Å². The summed E-state index contributed by atoms with van der Waals surface area (Å²) in [5.74, 6) is 2.68. The SMILES string of the molecule is CCC(CC)C(=O)N1CCC(NC(=NC)NCc2ccnc(OCC3CC3)c2)CC1. The second-order valence-electron chi connectivity index (χ2n) is 8.44. The molecule has 2 heterocycles. The van der Waals surface area contributed by atoms with Gasteiger partial charge in [-0.25, -0.2) is 4.98 Å². The lowest BCUT2D eigenvalue weighted by Gasteiger charge is -2.34. The number of aliphatic imine (C=N–C) groups is 1. The van der Waals surface area contributed by atoms with E-state index in [1.165, 1.54) is 12.8 Å². The summed E-state index contributed by atoms with van der Waals surface area (Å²) >= 11 is 0. The molecular weight excluding hydrogens is 378 g/mol. The maximum absolute atomic E-state index is 12.6. The molecule has 1 amide bonds. The van der Waals surface area contributed by atoms with Crippen molar-refractivity contribution in [1.82, 2.24) is 20.5 Å². The quantitative estimate of drug-likeness (QED) is 0.479. The summed E-state index contributed by atoms with van der Waals surface area (Å²) in [5.41, 5.74) is 1.12. The van der Waals surface area contributed by atoms with Crippen molar-refractivity contribution in [3.05, 3.63) is 23.9 Å². The molecule has 1 saturated carbocycles. The minimum atomic E-state index is 0.169. The Morgan fingerprint density at radius 1 is 1.27 bits per heavy atom. The van der Waals surface area contributed by atoms with Crippen LogP contribution in [-0.2, 0) is 11.3 Å². The zero-order chi connectivity index (χ0) is 21.3. The third-order valence-electron chi connectivity index (χ3n) is 6.13. The largest absolute Gasteiger partial charge is 0.477 e. The summed E-state index contributed by atoms with van der Waals surface area (Å²) < 4.78 is 5.77. The lowest BCUT2D eigenvalue weighted by Crippen LogP contribution is -2.50. The Morgan fingerprint density at radius 2 is 2.00 bits per heavy atom. The van der Waals surface area contributed by atoms with Gasteiger partial charge in [0.15, 0.2) is 5.96 Å². The van der Waals surface area contributed by atoms with E-state index in [9.17, 15) is 4.79 Å². The van der Waals surface area contributed by atoms with Crippen LogP contribution in [0.15, 0.2) is 23.3 Å². The molecule has 1 saturated heterocycles. The van der Waals surface area contributed by atoms with Gasteiger partial charge in [0.2, 0.25) is 11.8 Å². The van der Waals surface area contributed by atoms with E-state index in [0.29, 0.717) is 30.3 Å². The Hall–Kier alpha value is -2.31. The summed E-state index contributed by atoms with van der Waals surface area (Å²) in [7, 11) is 1.79. The van der Waals surface area contributed by atoms with E-state index in [-0.39, 0.29) is 5.92 Å². The van der Waals surface area contributed by atoms with E-state index < -0.39 is 0 Å². The van der Waals surface area contributed by atoms with Gasteiger partial charge >= 0.3 is 0 Å². The molecule has 0 spiro atoms. The molecule has 0 bridgehead atoms. The summed E-state index contributed by atoms with van der Waals surface area (Å²) in [5, 5.41) is 6.89. The Kier molecular flexibility index (Phi) is 8.34. The number of hydrogen-bond donors (Lipinski definition) is 2. The number of pyridine rings is 1. The van der Waals surface area contributed by atoms with Crippen LogP contribution in [0.5, 0.6) is 5.88 Å².